The molecule has 3 amide bonds. The number of nitrogens with zero attached hydrogens (tertiary/aromatic N) is 3. The quantitative estimate of drug-likeness (QED) is 0.846. The molecule has 1 atom stereocenters. The van der Waals surface area contributed by atoms with Crippen LogP contribution >= 0.6 is 0 Å². The molecule has 1 aromatic carbocycles. The third-order valence-corrected chi connectivity index (χ3v) is 5.77. The molecular weight excluding hydrogens is 368 g/mol. The molecule has 2 fully saturated rings. The highest BCUT2D eigenvalue weighted by Gasteiger charge is 2.32. The summed E-state index contributed by atoms with van der Waals surface area (Å²) in [5.41, 5.74) is 3.15. The van der Waals surface area contributed by atoms with E-state index >= 15 is 0 Å². The van der Waals surface area contributed by atoms with Crippen molar-refractivity contribution < 1.29 is 14.3 Å². The van der Waals surface area contributed by atoms with Crippen LogP contribution < -0.4 is 5.32 Å². The predicted molar refractivity (Wildman–Crippen MR) is 110 cm³/mol. The molecule has 4 rings (SSSR count). The number of ether oxygens (including phenoxy) is 1. The van der Waals surface area contributed by atoms with Crippen molar-refractivity contribution in [2.45, 2.75) is 18.3 Å². The van der Waals surface area contributed by atoms with Gasteiger partial charge in [-0.05, 0) is 35.7 Å². The highest BCUT2D eigenvalue weighted by Crippen LogP contribution is 2.29. The summed E-state index contributed by atoms with van der Waals surface area (Å²) in [5.74, 6) is 0.733. The number of pyridine rings is 1. The fourth-order valence-electron chi connectivity index (χ4n) is 3.99. The van der Waals surface area contributed by atoms with Gasteiger partial charge in [0.1, 0.15) is 6.61 Å². The average molecular weight is 394 g/mol. The highest BCUT2D eigenvalue weighted by atomic mass is 16.5. The Bertz CT molecular complexity index is 850. The van der Waals surface area contributed by atoms with Crippen molar-refractivity contribution in [1.29, 1.82) is 0 Å². The van der Waals surface area contributed by atoms with Crippen LogP contribution in [-0.2, 0) is 9.53 Å². The SMILES string of the molecule is COCC(=O)N1CCC(c2ccc(NC(=O)N3CC(c4cccnc4)C3)cc2)C1. The standard InChI is InChI=1S/C22H26N4O3/c1-29-15-21(27)25-10-8-18(12-25)16-4-6-20(7-5-16)24-22(28)26-13-19(14-26)17-3-2-9-23-11-17/h2-7,9,11,18-19H,8,10,12-15H2,1H3,(H,24,28). The minimum absolute atomic E-state index is 0.0398. The van der Waals surface area contributed by atoms with Crippen molar-refractivity contribution in [2.24, 2.45) is 0 Å². The number of methoxy groups -OCH3 is 1. The molecular formula is C22H26N4O3. The van der Waals surface area contributed by atoms with Crippen LogP contribution in [0, 0.1) is 0 Å². The number of hydrogen-bond donors (Lipinski definition) is 1. The molecule has 1 N–H and O–H groups in total. The molecule has 7 heteroatoms. The summed E-state index contributed by atoms with van der Waals surface area (Å²) in [4.78, 5) is 32.2. The largest absolute Gasteiger partial charge is 0.375 e. The van der Waals surface area contributed by atoms with Gasteiger partial charge in [-0.1, -0.05) is 18.2 Å². The first-order chi connectivity index (χ1) is 14.1. The summed E-state index contributed by atoms with van der Waals surface area (Å²) >= 11 is 0. The molecule has 7 nitrogen and oxygen atoms in total. The molecule has 0 radical (unpaired) electrons. The Balaban J connectivity index is 1.27. The van der Waals surface area contributed by atoms with Crippen LogP contribution in [0.3, 0.4) is 0 Å². The fraction of sp³-hybridized carbons (Fsp3) is 0.409. The number of carbonyl (C=O) groups is 2. The topological polar surface area (TPSA) is 74.8 Å². The van der Waals surface area contributed by atoms with Crippen molar-refractivity contribution >= 4 is 17.6 Å². The van der Waals surface area contributed by atoms with Crippen molar-refractivity contribution in [3.05, 3.63) is 59.9 Å². The maximum absolute atomic E-state index is 12.4. The summed E-state index contributed by atoms with van der Waals surface area (Å²) in [6.45, 7) is 3.04. The summed E-state index contributed by atoms with van der Waals surface area (Å²) in [6, 6.07) is 11.9. The van der Waals surface area contributed by atoms with Crippen LogP contribution in [0.2, 0.25) is 0 Å². The first-order valence-corrected chi connectivity index (χ1v) is 9.96. The molecule has 1 aromatic heterocycles. The van der Waals surface area contributed by atoms with Crippen molar-refractivity contribution in [2.75, 3.05) is 45.2 Å². The number of carbonyl (C=O) groups excluding carboxylic acids is 2. The minimum Gasteiger partial charge on any atom is -0.375 e. The predicted octanol–water partition coefficient (Wildman–Crippen LogP) is 2.68. The molecule has 0 bridgehead atoms. The smallest absolute Gasteiger partial charge is 0.321 e. The van der Waals surface area contributed by atoms with Crippen LogP contribution in [0.4, 0.5) is 10.5 Å². The molecule has 2 aliphatic heterocycles. The van der Waals surface area contributed by atoms with E-state index in [0.717, 1.165) is 25.2 Å². The van der Waals surface area contributed by atoms with Gasteiger partial charge in [-0.3, -0.25) is 9.78 Å². The van der Waals surface area contributed by atoms with E-state index in [1.54, 1.807) is 6.20 Å². The van der Waals surface area contributed by atoms with E-state index in [1.165, 1.54) is 18.2 Å². The summed E-state index contributed by atoms with van der Waals surface area (Å²) in [5, 5.41) is 2.97. The fourth-order valence-corrected chi connectivity index (χ4v) is 3.99. The third-order valence-electron chi connectivity index (χ3n) is 5.77. The van der Waals surface area contributed by atoms with Crippen LogP contribution in [0.5, 0.6) is 0 Å². The van der Waals surface area contributed by atoms with Gasteiger partial charge in [0.15, 0.2) is 0 Å². The number of amides is 3. The van der Waals surface area contributed by atoms with Gasteiger partial charge in [0.2, 0.25) is 5.91 Å². The third kappa shape index (κ3) is 4.40. The van der Waals surface area contributed by atoms with Crippen molar-refractivity contribution in [3.8, 4) is 0 Å². The van der Waals surface area contributed by atoms with Gasteiger partial charge in [0.25, 0.3) is 0 Å². The molecule has 3 heterocycles. The molecule has 29 heavy (non-hydrogen) atoms. The second-order valence-corrected chi connectivity index (χ2v) is 7.70. The van der Waals surface area contributed by atoms with Gasteiger partial charge >= 0.3 is 6.03 Å². The van der Waals surface area contributed by atoms with Gasteiger partial charge in [-0.2, -0.15) is 0 Å². The Kier molecular flexibility index (Phi) is 5.76. The zero-order chi connectivity index (χ0) is 20.2. The second kappa shape index (κ2) is 8.61. The number of anilines is 1. The molecule has 1 unspecified atom stereocenters. The highest BCUT2D eigenvalue weighted by molar-refractivity contribution is 5.90. The molecule has 0 saturated carbocycles. The summed E-state index contributed by atoms with van der Waals surface area (Å²) < 4.78 is 4.94. The van der Waals surface area contributed by atoms with Crippen molar-refractivity contribution in [1.82, 2.24) is 14.8 Å². The lowest BCUT2D eigenvalue weighted by atomic mass is 9.93. The van der Waals surface area contributed by atoms with Crippen LogP contribution in [0.1, 0.15) is 29.4 Å². The lowest BCUT2D eigenvalue weighted by molar-refractivity contribution is -0.134. The van der Waals surface area contributed by atoms with Gasteiger partial charge in [-0.15, -0.1) is 0 Å². The first-order valence-electron chi connectivity index (χ1n) is 9.96. The zero-order valence-electron chi connectivity index (χ0n) is 16.6. The zero-order valence-corrected chi connectivity index (χ0v) is 16.6. The van der Waals surface area contributed by atoms with E-state index < -0.39 is 0 Å². The Labute approximate surface area is 170 Å². The normalized spacial score (nSPS) is 19.1. The lowest BCUT2D eigenvalue weighted by Crippen LogP contribution is -2.50. The van der Waals surface area contributed by atoms with Crippen molar-refractivity contribution in [3.63, 3.8) is 0 Å². The van der Waals surface area contributed by atoms with E-state index in [0.29, 0.717) is 24.9 Å². The number of nitrogens with one attached hydrogen (secondary N) is 1. The molecule has 152 valence electrons. The molecule has 0 aliphatic carbocycles. The molecule has 0 spiro atoms. The second-order valence-electron chi connectivity index (χ2n) is 7.70. The lowest BCUT2D eigenvalue weighted by Gasteiger charge is -2.39. The van der Waals surface area contributed by atoms with E-state index in [-0.39, 0.29) is 18.5 Å². The molecule has 2 aromatic rings. The van der Waals surface area contributed by atoms with Crippen LogP contribution in [-0.4, -0.2) is 66.6 Å². The van der Waals surface area contributed by atoms with Crippen LogP contribution in [0.25, 0.3) is 0 Å². The van der Waals surface area contributed by atoms with E-state index in [1.807, 2.05) is 46.3 Å². The summed E-state index contributed by atoms with van der Waals surface area (Å²) in [6.07, 6.45) is 4.58. The number of urea groups is 1. The van der Waals surface area contributed by atoms with Gasteiger partial charge < -0.3 is 19.9 Å². The number of hydrogen-bond acceptors (Lipinski definition) is 4. The Morgan fingerprint density at radius 3 is 2.52 bits per heavy atom. The first kappa shape index (κ1) is 19.4. The number of benzene rings is 1. The Morgan fingerprint density at radius 1 is 1.07 bits per heavy atom. The Hall–Kier alpha value is -2.93. The molecule has 2 saturated heterocycles. The van der Waals surface area contributed by atoms with E-state index in [4.69, 9.17) is 4.74 Å². The van der Waals surface area contributed by atoms with Crippen LogP contribution in [0.15, 0.2) is 48.8 Å². The number of rotatable bonds is 5. The van der Waals surface area contributed by atoms with Gasteiger partial charge in [-0.25, -0.2) is 4.79 Å². The monoisotopic (exact) mass is 394 g/mol. The van der Waals surface area contributed by atoms with Gasteiger partial charge in [0, 0.05) is 63.2 Å². The molecule has 2 aliphatic rings. The Morgan fingerprint density at radius 2 is 1.83 bits per heavy atom. The number of likely N-dealkylation sites (tertiary alicyclic amines) is 2. The number of aromatic nitrogens is 1. The maximum atomic E-state index is 12.4. The van der Waals surface area contributed by atoms with Gasteiger partial charge in [0.05, 0.1) is 0 Å². The van der Waals surface area contributed by atoms with E-state index in [9.17, 15) is 9.59 Å². The summed E-state index contributed by atoms with van der Waals surface area (Å²) in [7, 11) is 1.54. The average Bonchev–Trinajstić information content (AvgIpc) is 3.19. The minimum atomic E-state index is -0.0740. The maximum Gasteiger partial charge on any atom is 0.321 e. The van der Waals surface area contributed by atoms with E-state index in [2.05, 4.69) is 16.4 Å².